The van der Waals surface area contributed by atoms with Crippen molar-refractivity contribution in [2.45, 2.75) is 19.4 Å². The molecule has 1 unspecified atom stereocenters. The predicted octanol–water partition coefficient (Wildman–Crippen LogP) is 2.59. The second kappa shape index (κ2) is 5.89. The van der Waals surface area contributed by atoms with Gasteiger partial charge in [-0.2, -0.15) is 0 Å². The van der Waals surface area contributed by atoms with E-state index in [0.29, 0.717) is 5.02 Å². The maximum absolute atomic E-state index is 11.7. The van der Waals surface area contributed by atoms with E-state index >= 15 is 0 Å². The van der Waals surface area contributed by atoms with Gasteiger partial charge in [0, 0.05) is 11.1 Å². The van der Waals surface area contributed by atoms with E-state index < -0.39 is 17.9 Å². The maximum atomic E-state index is 11.7. The first-order chi connectivity index (χ1) is 7.90. The molecule has 0 bridgehead atoms. The van der Waals surface area contributed by atoms with Gasteiger partial charge in [-0.25, -0.2) is 0 Å². The molecular weight excluding hydrogens is 265 g/mol. The summed E-state index contributed by atoms with van der Waals surface area (Å²) in [5.74, 6) is -1.39. The van der Waals surface area contributed by atoms with Crippen LogP contribution in [-0.4, -0.2) is 23.0 Å². The van der Waals surface area contributed by atoms with E-state index in [-0.39, 0.29) is 17.0 Å². The molecule has 0 aliphatic heterocycles. The molecular formula is C11H11Cl2NO3. The Kier molecular flexibility index (Phi) is 4.78. The van der Waals surface area contributed by atoms with Crippen molar-refractivity contribution in [2.24, 2.45) is 0 Å². The lowest BCUT2D eigenvalue weighted by Crippen LogP contribution is -2.34. The van der Waals surface area contributed by atoms with Gasteiger partial charge in [-0.1, -0.05) is 23.2 Å². The second-order valence-corrected chi connectivity index (χ2v) is 4.44. The highest BCUT2D eigenvalue weighted by molar-refractivity contribution is 6.36. The summed E-state index contributed by atoms with van der Waals surface area (Å²) in [6.07, 6.45) is -0.142. The highest BCUT2D eigenvalue weighted by Gasteiger charge is 2.15. The fraction of sp³-hybridized carbons (Fsp3) is 0.273. The van der Waals surface area contributed by atoms with Gasteiger partial charge in [0.25, 0.3) is 5.91 Å². The molecule has 1 amide bonds. The Hall–Kier alpha value is -1.26. The zero-order chi connectivity index (χ0) is 13.0. The van der Waals surface area contributed by atoms with E-state index in [1.165, 1.54) is 12.1 Å². The van der Waals surface area contributed by atoms with Gasteiger partial charge in [0.05, 0.1) is 17.0 Å². The quantitative estimate of drug-likeness (QED) is 0.888. The number of hydrogen-bond donors (Lipinski definition) is 2. The lowest BCUT2D eigenvalue weighted by atomic mass is 10.2. The SMILES string of the molecule is CC(CC(=O)O)NC(=O)c1ccc(Cl)cc1Cl. The highest BCUT2D eigenvalue weighted by atomic mass is 35.5. The molecule has 92 valence electrons. The largest absolute Gasteiger partial charge is 0.481 e. The predicted molar refractivity (Wildman–Crippen MR) is 65.6 cm³/mol. The maximum Gasteiger partial charge on any atom is 0.305 e. The summed E-state index contributed by atoms with van der Waals surface area (Å²) >= 11 is 11.6. The first kappa shape index (κ1) is 13.8. The average Bonchev–Trinajstić information content (AvgIpc) is 2.15. The van der Waals surface area contributed by atoms with Gasteiger partial charge in [0.2, 0.25) is 0 Å². The van der Waals surface area contributed by atoms with Gasteiger partial charge < -0.3 is 10.4 Å². The third kappa shape index (κ3) is 4.24. The summed E-state index contributed by atoms with van der Waals surface area (Å²) in [4.78, 5) is 22.2. The smallest absolute Gasteiger partial charge is 0.305 e. The van der Waals surface area contributed by atoms with Crippen molar-refractivity contribution >= 4 is 35.1 Å². The Morgan fingerprint density at radius 2 is 2.06 bits per heavy atom. The van der Waals surface area contributed by atoms with Crippen molar-refractivity contribution in [3.05, 3.63) is 33.8 Å². The molecule has 1 aromatic rings. The van der Waals surface area contributed by atoms with E-state index in [9.17, 15) is 9.59 Å². The van der Waals surface area contributed by atoms with Crippen molar-refractivity contribution in [1.82, 2.24) is 5.32 Å². The Labute approximate surface area is 109 Å². The van der Waals surface area contributed by atoms with Gasteiger partial charge in [-0.3, -0.25) is 9.59 Å². The van der Waals surface area contributed by atoms with Crippen LogP contribution in [0, 0.1) is 0 Å². The van der Waals surface area contributed by atoms with E-state index in [1.54, 1.807) is 13.0 Å². The number of halogens is 2. The number of aliphatic carboxylic acids is 1. The lowest BCUT2D eigenvalue weighted by Gasteiger charge is -2.12. The number of amides is 1. The van der Waals surface area contributed by atoms with Crippen LogP contribution in [0.4, 0.5) is 0 Å². The Balaban J connectivity index is 2.73. The van der Waals surface area contributed by atoms with Crippen LogP contribution in [0.15, 0.2) is 18.2 Å². The zero-order valence-electron chi connectivity index (χ0n) is 9.04. The molecule has 1 aromatic carbocycles. The third-order valence-electron chi connectivity index (χ3n) is 2.03. The van der Waals surface area contributed by atoms with Crippen molar-refractivity contribution in [2.75, 3.05) is 0 Å². The number of carbonyl (C=O) groups is 2. The molecule has 0 aliphatic carbocycles. The standard InChI is InChI=1S/C11H11Cl2NO3/c1-6(4-10(15)16)14-11(17)8-3-2-7(12)5-9(8)13/h2-3,5-6H,4H2,1H3,(H,14,17)(H,15,16). The van der Waals surface area contributed by atoms with E-state index in [2.05, 4.69) is 5.32 Å². The normalized spacial score (nSPS) is 11.9. The third-order valence-corrected chi connectivity index (χ3v) is 2.58. The van der Waals surface area contributed by atoms with Gasteiger partial charge in [0.1, 0.15) is 0 Å². The van der Waals surface area contributed by atoms with Gasteiger partial charge in [-0.05, 0) is 25.1 Å². The van der Waals surface area contributed by atoms with E-state index in [0.717, 1.165) is 0 Å². The van der Waals surface area contributed by atoms with Crippen LogP contribution in [-0.2, 0) is 4.79 Å². The number of carboxylic acids is 1. The van der Waals surface area contributed by atoms with Crippen LogP contribution >= 0.6 is 23.2 Å². The molecule has 0 spiro atoms. The number of rotatable bonds is 4. The van der Waals surface area contributed by atoms with Crippen LogP contribution in [0.25, 0.3) is 0 Å². The molecule has 0 saturated carbocycles. The van der Waals surface area contributed by atoms with Crippen molar-refractivity contribution < 1.29 is 14.7 Å². The topological polar surface area (TPSA) is 66.4 Å². The molecule has 0 aliphatic rings. The molecule has 0 saturated heterocycles. The van der Waals surface area contributed by atoms with Gasteiger partial charge >= 0.3 is 5.97 Å². The highest BCUT2D eigenvalue weighted by Crippen LogP contribution is 2.20. The van der Waals surface area contributed by atoms with E-state index in [1.807, 2.05) is 0 Å². The molecule has 4 nitrogen and oxygen atoms in total. The summed E-state index contributed by atoms with van der Waals surface area (Å²) < 4.78 is 0. The van der Waals surface area contributed by atoms with E-state index in [4.69, 9.17) is 28.3 Å². The molecule has 2 N–H and O–H groups in total. The number of carbonyl (C=O) groups excluding carboxylic acids is 1. The zero-order valence-corrected chi connectivity index (χ0v) is 10.5. The molecule has 17 heavy (non-hydrogen) atoms. The van der Waals surface area contributed by atoms with Crippen LogP contribution in [0.1, 0.15) is 23.7 Å². The minimum Gasteiger partial charge on any atom is -0.481 e. The minimum absolute atomic E-state index is 0.142. The average molecular weight is 276 g/mol. The van der Waals surface area contributed by atoms with Crippen molar-refractivity contribution in [1.29, 1.82) is 0 Å². The van der Waals surface area contributed by atoms with Crippen LogP contribution in [0.2, 0.25) is 10.0 Å². The summed E-state index contributed by atoms with van der Waals surface area (Å²) in [5, 5.41) is 11.8. The van der Waals surface area contributed by atoms with Crippen LogP contribution < -0.4 is 5.32 Å². The monoisotopic (exact) mass is 275 g/mol. The second-order valence-electron chi connectivity index (χ2n) is 3.60. The summed E-state index contributed by atoms with van der Waals surface area (Å²) in [7, 11) is 0. The summed E-state index contributed by atoms with van der Waals surface area (Å²) in [6, 6.07) is 4.03. The molecule has 6 heteroatoms. The van der Waals surface area contributed by atoms with Crippen molar-refractivity contribution in [3.63, 3.8) is 0 Å². The minimum atomic E-state index is -0.972. The molecule has 1 atom stereocenters. The van der Waals surface area contributed by atoms with Gasteiger partial charge in [-0.15, -0.1) is 0 Å². The van der Waals surface area contributed by atoms with Crippen LogP contribution in [0.3, 0.4) is 0 Å². The lowest BCUT2D eigenvalue weighted by molar-refractivity contribution is -0.137. The Bertz CT molecular complexity index is 448. The molecule has 1 rings (SSSR count). The molecule has 0 radical (unpaired) electrons. The Morgan fingerprint density at radius 3 is 2.59 bits per heavy atom. The molecule has 0 heterocycles. The number of nitrogens with one attached hydrogen (secondary N) is 1. The van der Waals surface area contributed by atoms with Gasteiger partial charge in [0.15, 0.2) is 0 Å². The first-order valence-corrected chi connectivity index (χ1v) is 5.63. The number of carboxylic acid groups (broad SMARTS) is 1. The molecule has 0 aromatic heterocycles. The van der Waals surface area contributed by atoms with Crippen molar-refractivity contribution in [3.8, 4) is 0 Å². The Morgan fingerprint density at radius 1 is 1.41 bits per heavy atom. The summed E-state index contributed by atoms with van der Waals surface area (Å²) in [6.45, 7) is 1.61. The summed E-state index contributed by atoms with van der Waals surface area (Å²) in [5.41, 5.74) is 0.272. The fourth-order valence-electron chi connectivity index (χ4n) is 1.29. The molecule has 0 fully saturated rings. The first-order valence-electron chi connectivity index (χ1n) is 4.88. The number of benzene rings is 1. The van der Waals surface area contributed by atoms with Crippen LogP contribution in [0.5, 0.6) is 0 Å². The number of hydrogen-bond acceptors (Lipinski definition) is 2. The fourth-order valence-corrected chi connectivity index (χ4v) is 1.78.